The van der Waals surface area contributed by atoms with Crippen LogP contribution in [0.4, 0.5) is 0 Å². The lowest BCUT2D eigenvalue weighted by Crippen LogP contribution is -2.33. The van der Waals surface area contributed by atoms with Crippen LogP contribution in [0, 0.1) is 13.8 Å². The summed E-state index contributed by atoms with van der Waals surface area (Å²) in [5.41, 5.74) is 0.0292. The summed E-state index contributed by atoms with van der Waals surface area (Å²) in [6, 6.07) is 3.30. The molecule has 1 saturated heterocycles. The molecule has 30 heavy (non-hydrogen) atoms. The van der Waals surface area contributed by atoms with Gasteiger partial charge in [-0.2, -0.15) is 0 Å². The maximum absolute atomic E-state index is 12.0. The highest BCUT2D eigenvalue weighted by Crippen LogP contribution is 2.34. The molecule has 162 valence electrons. The Morgan fingerprint density at radius 2 is 1.97 bits per heavy atom. The van der Waals surface area contributed by atoms with E-state index in [-0.39, 0.29) is 28.8 Å². The number of aliphatic hydroxyl groups is 1. The second kappa shape index (κ2) is 9.22. The molecule has 1 aromatic carbocycles. The van der Waals surface area contributed by atoms with Gasteiger partial charge in [0.05, 0.1) is 16.1 Å². The van der Waals surface area contributed by atoms with Crippen LogP contribution in [0.1, 0.15) is 23.8 Å². The van der Waals surface area contributed by atoms with Crippen molar-refractivity contribution < 1.29 is 24.1 Å². The molecule has 0 unspecified atom stereocenters. The summed E-state index contributed by atoms with van der Waals surface area (Å²) in [6.45, 7) is 2.68. The number of nitrogens with zero attached hydrogens (tertiary/aromatic N) is 1. The summed E-state index contributed by atoms with van der Waals surface area (Å²) < 4.78 is 17.3. The van der Waals surface area contributed by atoms with Crippen molar-refractivity contribution in [1.82, 2.24) is 9.55 Å². The third-order valence-corrected chi connectivity index (χ3v) is 5.11. The number of carbonyl (C=O) groups is 1. The van der Waals surface area contributed by atoms with Crippen molar-refractivity contribution in [3.63, 3.8) is 0 Å². The van der Waals surface area contributed by atoms with Crippen LogP contribution in [0.25, 0.3) is 0 Å². The fourth-order valence-electron chi connectivity index (χ4n) is 3.01. The first-order valence-electron chi connectivity index (χ1n) is 9.05. The molecular weight excluding hydrogens is 439 g/mol. The number of aliphatic hydroxyl groups excluding tert-OH is 1. The second-order valence-electron chi connectivity index (χ2n) is 6.94. The number of esters is 1. The predicted octanol–water partition coefficient (Wildman–Crippen LogP) is 1.73. The number of hydrogen-bond donors (Lipinski definition) is 2. The van der Waals surface area contributed by atoms with E-state index in [1.54, 1.807) is 19.1 Å². The highest BCUT2D eigenvalue weighted by Gasteiger charge is 2.36. The van der Waals surface area contributed by atoms with Gasteiger partial charge < -0.3 is 19.3 Å². The highest BCUT2D eigenvalue weighted by molar-refractivity contribution is 6.37. The predicted molar refractivity (Wildman–Crippen MR) is 108 cm³/mol. The minimum atomic E-state index is -0.969. The zero-order valence-corrected chi connectivity index (χ0v) is 17.7. The zero-order valence-electron chi connectivity index (χ0n) is 16.2. The van der Waals surface area contributed by atoms with Crippen LogP contribution in [0.15, 0.2) is 27.9 Å². The Kier molecular flexibility index (Phi) is 6.87. The molecule has 11 heteroatoms. The number of rotatable bonds is 6. The van der Waals surface area contributed by atoms with Crippen LogP contribution in [-0.4, -0.2) is 46.0 Å². The van der Waals surface area contributed by atoms with Gasteiger partial charge in [0.1, 0.15) is 18.9 Å². The minimum absolute atomic E-state index is 0.0959. The summed E-state index contributed by atoms with van der Waals surface area (Å²) in [6.07, 6.45) is -1.16. The summed E-state index contributed by atoms with van der Waals surface area (Å²) >= 11 is 12.1. The van der Waals surface area contributed by atoms with Gasteiger partial charge in [0.15, 0.2) is 12.4 Å². The largest absolute Gasteiger partial charge is 0.479 e. The third-order valence-electron chi connectivity index (χ3n) is 4.55. The Morgan fingerprint density at radius 3 is 2.63 bits per heavy atom. The standard InChI is InChI=1S/C19H20Cl2N2O7/c1-9-3-11(20)17(12(21)4-9)29-8-16(25)28-7-14-13(24)5-15(30-14)23-6-10(2)18(26)22-19(23)27/h3-4,6,13-15,24H,5,7-8H2,1-2H3,(H,22,26,27)/t13-,14+,15+/m0/s1. The highest BCUT2D eigenvalue weighted by atomic mass is 35.5. The average molecular weight is 459 g/mol. The van der Waals surface area contributed by atoms with Gasteiger partial charge >= 0.3 is 11.7 Å². The van der Waals surface area contributed by atoms with Gasteiger partial charge in [-0.15, -0.1) is 0 Å². The number of hydrogen-bond acceptors (Lipinski definition) is 7. The first kappa shape index (κ1) is 22.4. The molecule has 1 aromatic heterocycles. The van der Waals surface area contributed by atoms with E-state index in [1.807, 2.05) is 6.92 Å². The normalized spacial score (nSPS) is 20.9. The number of ether oxygens (including phenoxy) is 3. The van der Waals surface area contributed by atoms with E-state index in [0.29, 0.717) is 5.56 Å². The van der Waals surface area contributed by atoms with E-state index in [1.165, 1.54) is 10.8 Å². The monoisotopic (exact) mass is 458 g/mol. The van der Waals surface area contributed by atoms with E-state index in [0.717, 1.165) is 5.56 Å². The Bertz CT molecular complexity index is 1040. The van der Waals surface area contributed by atoms with Gasteiger partial charge in [0.25, 0.3) is 5.56 Å². The number of carbonyl (C=O) groups excluding carboxylic acids is 1. The second-order valence-corrected chi connectivity index (χ2v) is 7.75. The molecule has 1 fully saturated rings. The minimum Gasteiger partial charge on any atom is -0.479 e. The topological polar surface area (TPSA) is 120 Å². The molecule has 0 saturated carbocycles. The van der Waals surface area contributed by atoms with E-state index in [9.17, 15) is 19.5 Å². The summed E-state index contributed by atoms with van der Waals surface area (Å²) in [4.78, 5) is 37.6. The van der Waals surface area contributed by atoms with Crippen molar-refractivity contribution >= 4 is 29.2 Å². The van der Waals surface area contributed by atoms with Gasteiger partial charge in [-0.1, -0.05) is 23.2 Å². The Balaban J connectivity index is 1.55. The van der Waals surface area contributed by atoms with Crippen molar-refractivity contribution in [2.24, 2.45) is 0 Å². The first-order valence-corrected chi connectivity index (χ1v) is 9.81. The molecule has 1 aliphatic rings. The van der Waals surface area contributed by atoms with Gasteiger partial charge in [-0.25, -0.2) is 9.59 Å². The first-order chi connectivity index (χ1) is 14.2. The number of benzene rings is 1. The summed E-state index contributed by atoms with van der Waals surface area (Å²) in [7, 11) is 0. The molecule has 3 rings (SSSR count). The lowest BCUT2D eigenvalue weighted by atomic mass is 10.2. The molecule has 0 bridgehead atoms. The molecule has 1 aliphatic heterocycles. The molecule has 2 N–H and O–H groups in total. The van der Waals surface area contributed by atoms with Crippen molar-refractivity contribution in [3.8, 4) is 5.75 Å². The Morgan fingerprint density at radius 1 is 1.30 bits per heavy atom. The molecule has 2 heterocycles. The smallest absolute Gasteiger partial charge is 0.344 e. The van der Waals surface area contributed by atoms with Gasteiger partial charge in [-0.3, -0.25) is 14.3 Å². The molecule has 0 aliphatic carbocycles. The van der Waals surface area contributed by atoms with Crippen LogP contribution < -0.4 is 16.0 Å². The van der Waals surface area contributed by atoms with Crippen LogP contribution >= 0.6 is 23.2 Å². The zero-order chi connectivity index (χ0) is 22.0. The Hall–Kier alpha value is -2.33. The molecule has 0 amide bonds. The van der Waals surface area contributed by atoms with E-state index in [2.05, 4.69) is 4.98 Å². The van der Waals surface area contributed by atoms with E-state index < -0.39 is 42.3 Å². The number of aromatic nitrogens is 2. The maximum Gasteiger partial charge on any atom is 0.344 e. The van der Waals surface area contributed by atoms with Crippen LogP contribution in [-0.2, 0) is 14.3 Å². The van der Waals surface area contributed by atoms with Crippen molar-refractivity contribution in [3.05, 3.63) is 60.3 Å². The number of nitrogens with one attached hydrogen (secondary N) is 1. The fraction of sp³-hybridized carbons (Fsp3) is 0.421. The molecule has 2 aromatic rings. The lowest BCUT2D eigenvalue weighted by Gasteiger charge is -2.16. The van der Waals surface area contributed by atoms with Crippen molar-refractivity contribution in [2.45, 2.75) is 38.7 Å². The molecule has 3 atom stereocenters. The third kappa shape index (κ3) is 5.04. The van der Waals surface area contributed by atoms with Gasteiger partial charge in [0.2, 0.25) is 0 Å². The van der Waals surface area contributed by atoms with Crippen LogP contribution in [0.2, 0.25) is 10.0 Å². The van der Waals surface area contributed by atoms with Crippen LogP contribution in [0.5, 0.6) is 5.75 Å². The number of aryl methyl sites for hydroxylation is 2. The number of H-pyrrole nitrogens is 1. The van der Waals surface area contributed by atoms with E-state index in [4.69, 9.17) is 37.4 Å². The number of halogens is 2. The van der Waals surface area contributed by atoms with Gasteiger partial charge in [0, 0.05) is 18.2 Å². The quantitative estimate of drug-likeness (QED) is 0.632. The lowest BCUT2D eigenvalue weighted by molar-refractivity contribution is -0.152. The molecular formula is C19H20Cl2N2O7. The fourth-order valence-corrected chi connectivity index (χ4v) is 3.71. The van der Waals surface area contributed by atoms with Crippen molar-refractivity contribution in [1.29, 1.82) is 0 Å². The Labute approximate surface area is 181 Å². The van der Waals surface area contributed by atoms with Gasteiger partial charge in [-0.05, 0) is 31.5 Å². The number of aromatic amines is 1. The van der Waals surface area contributed by atoms with Crippen LogP contribution in [0.3, 0.4) is 0 Å². The molecule has 0 spiro atoms. The molecule has 0 radical (unpaired) electrons. The molecule has 9 nitrogen and oxygen atoms in total. The van der Waals surface area contributed by atoms with E-state index >= 15 is 0 Å². The summed E-state index contributed by atoms with van der Waals surface area (Å²) in [5, 5.41) is 10.7. The average Bonchev–Trinajstić information content (AvgIpc) is 3.02. The van der Waals surface area contributed by atoms with Crippen molar-refractivity contribution in [2.75, 3.05) is 13.2 Å². The maximum atomic E-state index is 12.0. The summed E-state index contributed by atoms with van der Waals surface area (Å²) in [5.74, 6) is -0.537. The SMILES string of the molecule is Cc1cc(Cl)c(OCC(=O)OC[C@H]2O[C@@H](n3cc(C)c(=O)[nH]c3=O)C[C@@H]2O)c(Cl)c1.